The van der Waals surface area contributed by atoms with Gasteiger partial charge in [0.1, 0.15) is 17.2 Å². The van der Waals surface area contributed by atoms with Gasteiger partial charge in [0.05, 0.1) is 36.2 Å². The Morgan fingerprint density at radius 1 is 0.444 bits per heavy atom. The monoisotopic (exact) mass is 1420 g/mol. The summed E-state index contributed by atoms with van der Waals surface area (Å²) >= 11 is 11.7. The van der Waals surface area contributed by atoms with Gasteiger partial charge in [-0.05, 0) is 235 Å². The molecule has 9 heteroatoms. The van der Waals surface area contributed by atoms with E-state index in [1.54, 1.807) is 40.2 Å². The van der Waals surface area contributed by atoms with Crippen molar-refractivity contribution in [2.75, 3.05) is 19.5 Å². The summed E-state index contributed by atoms with van der Waals surface area (Å²) in [5.74, 6) is 9.88. The van der Waals surface area contributed by atoms with E-state index in [0.717, 1.165) is 86.9 Å². The lowest BCUT2D eigenvalue weighted by molar-refractivity contribution is 0.170. The van der Waals surface area contributed by atoms with E-state index in [4.69, 9.17) is 37.4 Å². The summed E-state index contributed by atoms with van der Waals surface area (Å²) in [4.78, 5) is 0.410. The van der Waals surface area contributed by atoms with Gasteiger partial charge < -0.3 is 19.5 Å². The van der Waals surface area contributed by atoms with Gasteiger partial charge in [0.25, 0.3) is 0 Å². The predicted molar refractivity (Wildman–Crippen MR) is 438 cm³/mol. The summed E-state index contributed by atoms with van der Waals surface area (Å²) in [5.41, 5.74) is 10.5. The van der Waals surface area contributed by atoms with Crippen molar-refractivity contribution in [3.63, 3.8) is 0 Å². The zero-order valence-corrected chi connectivity index (χ0v) is 69.2. The molecule has 0 amide bonds. The molecule has 0 saturated heterocycles. The number of hydrogen-bond donors (Lipinski definition) is 1. The van der Waals surface area contributed by atoms with Gasteiger partial charge >= 0.3 is 0 Å². The van der Waals surface area contributed by atoms with Crippen molar-refractivity contribution in [3.05, 3.63) is 219 Å². The lowest BCUT2D eigenvalue weighted by Gasteiger charge is -2.22. The van der Waals surface area contributed by atoms with Crippen molar-refractivity contribution in [2.24, 2.45) is 53.3 Å². The van der Waals surface area contributed by atoms with E-state index >= 15 is 0 Å². The number of ether oxygens (including phenoxy) is 3. The van der Waals surface area contributed by atoms with Gasteiger partial charge in [0.2, 0.25) is 0 Å². The molecular weight excluding hydrogens is 1280 g/mol. The minimum absolute atomic E-state index is 0.237. The molecule has 1 unspecified atom stereocenters. The molecule has 6 nitrogen and oxygen atoms in total. The minimum Gasteiger partial charge on any atom is -0.496 e. The van der Waals surface area contributed by atoms with Crippen LogP contribution in [-0.2, 0) is 35.5 Å². The molecule has 8 rings (SSSR count). The summed E-state index contributed by atoms with van der Waals surface area (Å²) in [6.45, 7) is 51.8. The fraction of sp³-hybridized carbons (Fsp3) is 0.533. The summed E-state index contributed by atoms with van der Waals surface area (Å²) < 4.78 is 39.4. The third-order valence-corrected chi connectivity index (χ3v) is 19.5. The smallest absolute Gasteiger partial charge is 0.180 e. The minimum atomic E-state index is -3.09. The molecule has 7 aromatic carbocycles. The maximum atomic E-state index is 11.6. The zero-order chi connectivity index (χ0) is 75.2. The van der Waals surface area contributed by atoms with Crippen LogP contribution in [0.4, 0.5) is 5.69 Å². The van der Waals surface area contributed by atoms with Crippen molar-refractivity contribution >= 4 is 38.7 Å². The summed E-state index contributed by atoms with van der Waals surface area (Å²) in [6.07, 6.45) is 13.8. The van der Waals surface area contributed by atoms with Gasteiger partial charge in [0.15, 0.2) is 9.84 Å². The van der Waals surface area contributed by atoms with Gasteiger partial charge in [-0.2, -0.15) is 0 Å². The molecule has 0 spiro atoms. The van der Waals surface area contributed by atoms with Gasteiger partial charge in [-0.25, -0.2) is 8.42 Å². The fourth-order valence-electron chi connectivity index (χ4n) is 10.0. The number of aryl methyl sites for hydroxylation is 2. The maximum absolute atomic E-state index is 11.6. The Labute approximate surface area is 618 Å². The van der Waals surface area contributed by atoms with E-state index in [1.165, 1.54) is 84.7 Å². The second-order valence-corrected chi connectivity index (χ2v) is 33.5. The van der Waals surface area contributed by atoms with Crippen LogP contribution in [0.3, 0.4) is 0 Å². The van der Waals surface area contributed by atoms with Gasteiger partial charge in [-0.3, -0.25) is 0 Å². The number of para-hydroxylation sites is 3. The SMILES string of the molecule is CC(C)C(C)C.CC(C)C(C)Oc1ccc(Cl)cc1.CC(C)CC1CCCCC1.CC(C)Cc1ccccc1.CC(C)Cc1ccccc1Cl.COc1ccccc1CC(C)C.COc1ccccc1NC(C)C.Cc1ccc(S(=O)(=O)C(C)C)cc1.Cc1cccc(CC(C)C)c1C. The van der Waals surface area contributed by atoms with Crippen molar-refractivity contribution < 1.29 is 22.6 Å². The molecule has 7 aromatic rings. The normalized spacial score (nSPS) is 12.1. The van der Waals surface area contributed by atoms with Gasteiger partial charge in [-0.1, -0.05) is 281 Å². The van der Waals surface area contributed by atoms with Crippen molar-refractivity contribution in [1.29, 1.82) is 0 Å². The van der Waals surface area contributed by atoms with Gasteiger partial charge in [-0.15, -0.1) is 0 Å². The fourth-order valence-corrected chi connectivity index (χ4v) is 11.4. The van der Waals surface area contributed by atoms with Crippen molar-refractivity contribution in [1.82, 2.24) is 0 Å². The first kappa shape index (κ1) is 93.3. The number of halogens is 2. The Morgan fingerprint density at radius 3 is 1.36 bits per heavy atom. The standard InChI is InChI=1S/C12H18.C11H15ClO.C11H16O.C10H13Cl.C10H15NO.C10H14O2S.C10H20.C10H14.C6H14/c1-9(2)8-12-7-5-6-10(3)11(12)4;1-8(2)9(3)13-11-6-4-10(12)5-7-11;1-9(2)8-10-6-4-5-7-11(10)12-3;1-8(2)7-9-5-3-4-6-10(9)11;1-8(2)11-9-6-4-5-7-10(9)12-3;1-8(2)13(11,12)10-6-4-9(3)5-7-10;2*1-9(2)8-10-6-4-3-5-7-10;1-5(2)6(3)4/h5-7,9H,8H2,1-4H3;4-9H,1-3H3;4-7,9H,8H2,1-3H3;3-6,8H,7H2,1-2H3;4-8,11H,1-3H3;4-8H,1-3H3;9-10H,3-8H2,1-2H3;3-7,9H,8H2,1-2H3;5-6H,1-4H3. The number of benzene rings is 7. The molecule has 1 aliphatic carbocycles. The van der Waals surface area contributed by atoms with Crippen molar-refractivity contribution in [2.45, 2.75) is 253 Å². The molecule has 1 aliphatic rings. The van der Waals surface area contributed by atoms with Crippen molar-refractivity contribution in [3.8, 4) is 17.2 Å². The van der Waals surface area contributed by atoms with Crippen LogP contribution in [0, 0.1) is 74.0 Å². The number of sulfone groups is 1. The van der Waals surface area contributed by atoms with E-state index in [0.29, 0.717) is 28.7 Å². The van der Waals surface area contributed by atoms with E-state index < -0.39 is 9.84 Å². The zero-order valence-electron chi connectivity index (χ0n) is 66.9. The van der Waals surface area contributed by atoms with E-state index in [-0.39, 0.29) is 11.4 Å². The first-order valence-electron chi connectivity index (χ1n) is 37.1. The quantitative estimate of drug-likeness (QED) is 0.0820. The Morgan fingerprint density at radius 2 is 0.899 bits per heavy atom. The van der Waals surface area contributed by atoms with Crippen LogP contribution < -0.4 is 19.5 Å². The first-order valence-corrected chi connectivity index (χ1v) is 39.4. The number of anilines is 1. The highest BCUT2D eigenvalue weighted by Gasteiger charge is 2.18. The molecule has 1 atom stereocenters. The molecule has 99 heavy (non-hydrogen) atoms. The molecule has 1 fully saturated rings. The maximum Gasteiger partial charge on any atom is 0.180 e. The second kappa shape index (κ2) is 53.1. The van der Waals surface area contributed by atoms with E-state index in [2.05, 4.69) is 217 Å². The Hall–Kier alpha value is -5.73. The largest absolute Gasteiger partial charge is 0.496 e. The van der Waals surface area contributed by atoms with Crippen LogP contribution in [-0.4, -0.2) is 40.0 Å². The molecular formula is C90H139Cl2NO5S. The number of rotatable bonds is 20. The molecule has 0 aromatic heterocycles. The molecule has 1 N–H and O–H groups in total. The Bertz CT molecular complexity index is 3160. The summed E-state index contributed by atoms with van der Waals surface area (Å²) in [6, 6.07) is 56.1. The topological polar surface area (TPSA) is 73.9 Å². The third-order valence-electron chi connectivity index (χ3n) is 16.7. The number of nitrogens with one attached hydrogen (secondary N) is 1. The van der Waals surface area contributed by atoms with E-state index in [9.17, 15) is 8.42 Å². The molecule has 1 saturated carbocycles. The first-order chi connectivity index (χ1) is 46.5. The molecule has 0 heterocycles. The van der Waals surface area contributed by atoms with Gasteiger partial charge in [0, 0.05) is 16.1 Å². The molecule has 554 valence electrons. The summed E-state index contributed by atoms with van der Waals surface area (Å²) in [7, 11) is 0.309. The predicted octanol–water partition coefficient (Wildman–Crippen LogP) is 27.2. The summed E-state index contributed by atoms with van der Waals surface area (Å²) in [5, 5.41) is 4.58. The van der Waals surface area contributed by atoms with Crippen LogP contribution in [0.5, 0.6) is 17.2 Å². The van der Waals surface area contributed by atoms with Crippen LogP contribution >= 0.6 is 23.2 Å². The molecule has 0 bridgehead atoms. The molecule has 0 radical (unpaired) electrons. The molecule has 0 aliphatic heterocycles. The van der Waals surface area contributed by atoms with Crippen LogP contribution in [0.2, 0.25) is 10.0 Å². The van der Waals surface area contributed by atoms with E-state index in [1.807, 2.05) is 97.9 Å². The number of hydrogen-bond acceptors (Lipinski definition) is 6. The lowest BCUT2D eigenvalue weighted by atomic mass is 9.84. The van der Waals surface area contributed by atoms with Crippen LogP contribution in [0.1, 0.15) is 223 Å². The highest BCUT2D eigenvalue weighted by Crippen LogP contribution is 2.29. The number of methoxy groups -OCH3 is 2. The van der Waals surface area contributed by atoms with Crippen LogP contribution in [0.15, 0.2) is 175 Å². The Balaban J connectivity index is 0.00000110. The average molecular weight is 1420 g/mol. The second-order valence-electron chi connectivity index (χ2n) is 30.2. The highest BCUT2D eigenvalue weighted by molar-refractivity contribution is 7.92. The van der Waals surface area contributed by atoms with Crippen LogP contribution in [0.25, 0.3) is 0 Å². The average Bonchev–Trinajstić information content (AvgIpc) is 0.898. The third kappa shape index (κ3) is 45.0. The lowest BCUT2D eigenvalue weighted by Crippen LogP contribution is -2.18. The highest BCUT2D eigenvalue weighted by atomic mass is 35.5. The Kier molecular flexibility index (Phi) is 50.1.